The highest BCUT2D eigenvalue weighted by Crippen LogP contribution is 2.20. The molecule has 1 heterocycles. The van der Waals surface area contributed by atoms with E-state index in [0.29, 0.717) is 0 Å². The smallest absolute Gasteiger partial charge is 0.0797 e. The second-order valence-electron chi connectivity index (χ2n) is 3.83. The van der Waals surface area contributed by atoms with E-state index in [2.05, 4.69) is 5.10 Å². The largest absolute Gasteiger partial charge is 0.389 e. The van der Waals surface area contributed by atoms with Gasteiger partial charge in [-0.15, -0.1) is 0 Å². The first-order valence-electron chi connectivity index (χ1n) is 5.28. The van der Waals surface area contributed by atoms with Crippen LogP contribution in [0, 0.1) is 13.8 Å². The van der Waals surface area contributed by atoms with Gasteiger partial charge in [0.25, 0.3) is 0 Å². The van der Waals surface area contributed by atoms with Crippen molar-refractivity contribution < 1.29 is 9.84 Å². The second-order valence-corrected chi connectivity index (χ2v) is 3.83. The number of ether oxygens (including phenoxy) is 1. The Hall–Kier alpha value is -0.870. The van der Waals surface area contributed by atoms with Crippen LogP contribution < -0.4 is 0 Å². The molecule has 0 aliphatic carbocycles. The van der Waals surface area contributed by atoms with Crippen molar-refractivity contribution in [3.8, 4) is 0 Å². The Balaban J connectivity index is 2.77. The SMILES string of the molecule is COCCCn1nc(C)c(C(C)O)c1C. The predicted octanol–water partition coefficient (Wildman–Crippen LogP) is 1.59. The lowest BCUT2D eigenvalue weighted by atomic mass is 10.1. The number of rotatable bonds is 5. The Bertz CT molecular complexity index is 319. The highest BCUT2D eigenvalue weighted by Gasteiger charge is 2.14. The molecule has 1 atom stereocenters. The molecule has 1 unspecified atom stereocenters. The van der Waals surface area contributed by atoms with Crippen molar-refractivity contribution in [3.05, 3.63) is 17.0 Å². The molecule has 0 aromatic carbocycles. The van der Waals surface area contributed by atoms with E-state index in [1.807, 2.05) is 18.5 Å². The molecule has 0 spiro atoms. The van der Waals surface area contributed by atoms with Crippen LogP contribution >= 0.6 is 0 Å². The maximum absolute atomic E-state index is 9.59. The third kappa shape index (κ3) is 2.79. The lowest BCUT2D eigenvalue weighted by Gasteiger charge is -2.06. The molecule has 0 saturated heterocycles. The van der Waals surface area contributed by atoms with E-state index in [4.69, 9.17) is 4.74 Å². The van der Waals surface area contributed by atoms with Gasteiger partial charge < -0.3 is 9.84 Å². The lowest BCUT2D eigenvalue weighted by Crippen LogP contribution is -2.05. The first-order chi connectivity index (χ1) is 7.07. The zero-order chi connectivity index (χ0) is 11.4. The normalized spacial score (nSPS) is 13.1. The van der Waals surface area contributed by atoms with Crippen LogP contribution in [0.4, 0.5) is 0 Å². The quantitative estimate of drug-likeness (QED) is 0.754. The van der Waals surface area contributed by atoms with Crippen LogP contribution in [-0.2, 0) is 11.3 Å². The van der Waals surface area contributed by atoms with Gasteiger partial charge in [-0.3, -0.25) is 4.68 Å². The molecule has 0 aliphatic heterocycles. The van der Waals surface area contributed by atoms with Crippen molar-refractivity contribution in [3.63, 3.8) is 0 Å². The number of aryl methyl sites for hydroxylation is 2. The van der Waals surface area contributed by atoms with E-state index < -0.39 is 6.10 Å². The summed E-state index contributed by atoms with van der Waals surface area (Å²) < 4.78 is 6.94. The Kier molecular flexibility index (Phi) is 4.29. The summed E-state index contributed by atoms with van der Waals surface area (Å²) in [5, 5.41) is 14.0. The number of methoxy groups -OCH3 is 1. The molecule has 0 aliphatic rings. The van der Waals surface area contributed by atoms with Crippen LogP contribution in [-0.4, -0.2) is 28.6 Å². The van der Waals surface area contributed by atoms with Gasteiger partial charge in [-0.1, -0.05) is 0 Å². The Morgan fingerprint density at radius 1 is 1.47 bits per heavy atom. The maximum Gasteiger partial charge on any atom is 0.0797 e. The number of aliphatic hydroxyl groups excluding tert-OH is 1. The lowest BCUT2D eigenvalue weighted by molar-refractivity contribution is 0.188. The third-order valence-corrected chi connectivity index (χ3v) is 2.57. The maximum atomic E-state index is 9.59. The zero-order valence-electron chi connectivity index (χ0n) is 9.95. The molecule has 1 aromatic heterocycles. The first kappa shape index (κ1) is 12.2. The first-order valence-corrected chi connectivity index (χ1v) is 5.28. The van der Waals surface area contributed by atoms with Crippen LogP contribution in [0.25, 0.3) is 0 Å². The Morgan fingerprint density at radius 2 is 2.13 bits per heavy atom. The number of nitrogens with zero attached hydrogens (tertiary/aromatic N) is 2. The van der Waals surface area contributed by atoms with Crippen molar-refractivity contribution >= 4 is 0 Å². The predicted molar refractivity (Wildman–Crippen MR) is 58.8 cm³/mol. The van der Waals surface area contributed by atoms with E-state index in [1.165, 1.54) is 0 Å². The molecule has 0 saturated carbocycles. The highest BCUT2D eigenvalue weighted by atomic mass is 16.5. The number of aliphatic hydroxyl groups is 1. The molecule has 0 bridgehead atoms. The van der Waals surface area contributed by atoms with Crippen LogP contribution in [0.5, 0.6) is 0 Å². The Labute approximate surface area is 90.9 Å². The van der Waals surface area contributed by atoms with Crippen molar-refractivity contribution in [1.82, 2.24) is 9.78 Å². The van der Waals surface area contributed by atoms with E-state index in [9.17, 15) is 5.11 Å². The van der Waals surface area contributed by atoms with Gasteiger partial charge in [-0.2, -0.15) is 5.10 Å². The zero-order valence-corrected chi connectivity index (χ0v) is 9.95. The second kappa shape index (κ2) is 5.28. The molecule has 15 heavy (non-hydrogen) atoms. The van der Waals surface area contributed by atoms with E-state index >= 15 is 0 Å². The van der Waals surface area contributed by atoms with E-state index in [1.54, 1.807) is 14.0 Å². The average molecular weight is 212 g/mol. The minimum absolute atomic E-state index is 0.443. The molecule has 4 nitrogen and oxygen atoms in total. The molecular weight excluding hydrogens is 192 g/mol. The Morgan fingerprint density at radius 3 is 2.60 bits per heavy atom. The number of hydrogen-bond acceptors (Lipinski definition) is 3. The molecule has 0 fully saturated rings. The summed E-state index contributed by atoms with van der Waals surface area (Å²) in [6.07, 6.45) is 0.499. The molecule has 1 N–H and O–H groups in total. The molecule has 0 radical (unpaired) electrons. The van der Waals surface area contributed by atoms with Crippen LogP contribution in [0.1, 0.15) is 36.4 Å². The summed E-state index contributed by atoms with van der Waals surface area (Å²) in [7, 11) is 1.70. The third-order valence-electron chi connectivity index (χ3n) is 2.57. The molecule has 4 heteroatoms. The fourth-order valence-corrected chi connectivity index (χ4v) is 1.89. The van der Waals surface area contributed by atoms with Gasteiger partial charge in [0.2, 0.25) is 0 Å². The summed E-state index contributed by atoms with van der Waals surface area (Å²) in [6.45, 7) is 7.28. The molecule has 1 rings (SSSR count). The molecular formula is C11H20N2O2. The monoisotopic (exact) mass is 212 g/mol. The summed E-state index contributed by atoms with van der Waals surface area (Å²) >= 11 is 0. The van der Waals surface area contributed by atoms with Gasteiger partial charge in [-0.05, 0) is 27.2 Å². The van der Waals surface area contributed by atoms with Crippen molar-refractivity contribution in [1.29, 1.82) is 0 Å². The van der Waals surface area contributed by atoms with Crippen LogP contribution in [0.15, 0.2) is 0 Å². The van der Waals surface area contributed by atoms with E-state index in [0.717, 1.165) is 36.5 Å². The fraction of sp³-hybridized carbons (Fsp3) is 0.727. The molecule has 0 amide bonds. The van der Waals surface area contributed by atoms with Crippen molar-refractivity contribution in [2.75, 3.05) is 13.7 Å². The fourth-order valence-electron chi connectivity index (χ4n) is 1.89. The van der Waals surface area contributed by atoms with Crippen molar-refractivity contribution in [2.45, 2.75) is 39.8 Å². The van der Waals surface area contributed by atoms with Gasteiger partial charge in [0, 0.05) is 31.5 Å². The summed E-state index contributed by atoms with van der Waals surface area (Å²) in [5.41, 5.74) is 2.92. The van der Waals surface area contributed by atoms with Gasteiger partial charge >= 0.3 is 0 Å². The molecule has 1 aromatic rings. The minimum Gasteiger partial charge on any atom is -0.389 e. The summed E-state index contributed by atoms with van der Waals surface area (Å²) in [5.74, 6) is 0. The van der Waals surface area contributed by atoms with Crippen LogP contribution in [0.3, 0.4) is 0 Å². The standard InChI is InChI=1S/C11H20N2O2/c1-8-11(10(3)14)9(2)13(12-8)6-5-7-15-4/h10,14H,5-7H2,1-4H3. The molecule has 86 valence electrons. The van der Waals surface area contributed by atoms with Gasteiger partial charge in [0.1, 0.15) is 0 Å². The van der Waals surface area contributed by atoms with E-state index in [-0.39, 0.29) is 0 Å². The highest BCUT2D eigenvalue weighted by molar-refractivity contribution is 5.26. The topological polar surface area (TPSA) is 47.3 Å². The van der Waals surface area contributed by atoms with Crippen LogP contribution in [0.2, 0.25) is 0 Å². The number of hydrogen-bond donors (Lipinski definition) is 1. The van der Waals surface area contributed by atoms with Crippen molar-refractivity contribution in [2.24, 2.45) is 0 Å². The minimum atomic E-state index is -0.443. The van der Waals surface area contributed by atoms with Gasteiger partial charge in [-0.25, -0.2) is 0 Å². The van der Waals surface area contributed by atoms with Gasteiger partial charge in [0.15, 0.2) is 0 Å². The summed E-state index contributed by atoms with van der Waals surface area (Å²) in [4.78, 5) is 0. The average Bonchev–Trinajstić information content (AvgIpc) is 2.42. The summed E-state index contributed by atoms with van der Waals surface area (Å²) in [6, 6.07) is 0. The number of aromatic nitrogens is 2. The van der Waals surface area contributed by atoms with Gasteiger partial charge in [0.05, 0.1) is 11.8 Å².